The number of hydrogen-bond acceptors (Lipinski definition) is 4. The highest BCUT2D eigenvalue weighted by Gasteiger charge is 2.61. The third-order valence-electron chi connectivity index (χ3n) is 11.9. The van der Waals surface area contributed by atoms with E-state index in [1.807, 2.05) is 6.07 Å². The van der Waals surface area contributed by atoms with Crippen molar-refractivity contribution in [2.24, 2.45) is 40.4 Å². The summed E-state index contributed by atoms with van der Waals surface area (Å²) in [6.07, 6.45) is 11.6. The number of methoxy groups -OCH3 is 1. The van der Waals surface area contributed by atoms with E-state index in [2.05, 4.69) is 37.8 Å². The van der Waals surface area contributed by atoms with Gasteiger partial charge in [0.15, 0.2) is 0 Å². The van der Waals surface area contributed by atoms with E-state index in [4.69, 9.17) is 9.47 Å². The number of hydrogen-bond donors (Lipinski definition) is 1. The minimum Gasteiger partial charge on any atom is -0.497 e. The molecule has 9 atom stereocenters. The largest absolute Gasteiger partial charge is 0.497 e. The van der Waals surface area contributed by atoms with E-state index < -0.39 is 0 Å². The van der Waals surface area contributed by atoms with E-state index in [0.29, 0.717) is 23.6 Å². The third-order valence-corrected chi connectivity index (χ3v) is 11.9. The van der Waals surface area contributed by atoms with Crippen molar-refractivity contribution in [3.05, 3.63) is 23.8 Å². The van der Waals surface area contributed by atoms with Crippen molar-refractivity contribution < 1.29 is 14.6 Å². The summed E-state index contributed by atoms with van der Waals surface area (Å²) >= 11 is 0. The Kier molecular flexibility index (Phi) is 5.72. The Morgan fingerprint density at radius 2 is 1.82 bits per heavy atom. The summed E-state index contributed by atoms with van der Waals surface area (Å²) in [5, 5.41) is 10.3. The molecule has 4 fully saturated rings. The van der Waals surface area contributed by atoms with E-state index in [-0.39, 0.29) is 6.10 Å². The van der Waals surface area contributed by atoms with Gasteiger partial charge >= 0.3 is 0 Å². The van der Waals surface area contributed by atoms with Crippen LogP contribution in [0.5, 0.6) is 11.5 Å². The van der Waals surface area contributed by atoms with Crippen LogP contribution in [0, 0.1) is 40.4 Å². The second kappa shape index (κ2) is 8.40. The summed E-state index contributed by atoms with van der Waals surface area (Å²) in [6.45, 7) is 9.39. The van der Waals surface area contributed by atoms with E-state index in [0.717, 1.165) is 60.5 Å². The first kappa shape index (κ1) is 23.2. The Hall–Kier alpha value is -1.26. The molecule has 0 spiro atoms. The van der Waals surface area contributed by atoms with Crippen LogP contribution in [0.3, 0.4) is 0 Å². The molecular weight excluding hydrogens is 422 g/mol. The molecule has 0 amide bonds. The van der Waals surface area contributed by atoms with Crippen molar-refractivity contribution in [1.82, 2.24) is 4.90 Å². The van der Waals surface area contributed by atoms with Crippen molar-refractivity contribution >= 4 is 0 Å². The lowest BCUT2D eigenvalue weighted by molar-refractivity contribution is -0.131. The zero-order valence-electron chi connectivity index (χ0n) is 21.8. The second-order valence-corrected chi connectivity index (χ2v) is 13.0. The van der Waals surface area contributed by atoms with Crippen molar-refractivity contribution in [3.63, 3.8) is 0 Å². The van der Waals surface area contributed by atoms with E-state index in [1.165, 1.54) is 50.5 Å². The molecule has 4 nitrogen and oxygen atoms in total. The molecule has 1 N–H and O–H groups in total. The maximum Gasteiger partial charge on any atom is 0.142 e. The summed E-state index contributed by atoms with van der Waals surface area (Å²) < 4.78 is 11.7. The highest BCUT2D eigenvalue weighted by atomic mass is 16.5. The molecule has 0 radical (unpaired) electrons. The van der Waals surface area contributed by atoms with Gasteiger partial charge in [-0.1, -0.05) is 13.8 Å². The fourth-order valence-corrected chi connectivity index (χ4v) is 9.95. The van der Waals surface area contributed by atoms with Gasteiger partial charge in [-0.15, -0.1) is 0 Å². The zero-order valence-corrected chi connectivity index (χ0v) is 21.8. The average molecular weight is 468 g/mol. The molecule has 4 saturated carbocycles. The van der Waals surface area contributed by atoms with E-state index in [1.54, 1.807) is 7.11 Å². The number of rotatable bonds is 3. The number of ether oxygens (including phenoxy) is 2. The average Bonchev–Trinajstić information content (AvgIpc) is 3.20. The van der Waals surface area contributed by atoms with Gasteiger partial charge in [-0.25, -0.2) is 0 Å². The quantitative estimate of drug-likeness (QED) is 0.570. The standard InChI is InChI=1S/C30H45NO3/c1-19(31-17-20-15-23(33-4)6-10-28(20)34-18-31)25-8-9-26-24-7-5-21-16-22(32)11-13-29(21,2)27(24)12-14-30(25,26)3/h6,10,15,19,21-22,24-27,32H,5,7-9,11-14,16-18H2,1-4H3/t19-,21+,22+,24-,25+,26-,27+,29-,30+/m1/s1. The summed E-state index contributed by atoms with van der Waals surface area (Å²) in [7, 11) is 1.74. The molecule has 5 aliphatic rings. The topological polar surface area (TPSA) is 41.9 Å². The van der Waals surface area contributed by atoms with Crippen LogP contribution in [-0.2, 0) is 6.54 Å². The number of fused-ring (bicyclic) bond motifs is 6. The lowest BCUT2D eigenvalue weighted by Crippen LogP contribution is -2.55. The van der Waals surface area contributed by atoms with Gasteiger partial charge < -0.3 is 14.6 Å². The van der Waals surface area contributed by atoms with Crippen molar-refractivity contribution in [2.45, 2.75) is 97.2 Å². The van der Waals surface area contributed by atoms with E-state index >= 15 is 0 Å². The highest BCUT2D eigenvalue weighted by molar-refractivity contribution is 5.41. The predicted molar refractivity (Wildman–Crippen MR) is 135 cm³/mol. The minimum atomic E-state index is -0.0444. The van der Waals surface area contributed by atoms with Gasteiger partial charge in [0.25, 0.3) is 0 Å². The van der Waals surface area contributed by atoms with Gasteiger partial charge in [-0.05, 0) is 123 Å². The summed E-state index contributed by atoms with van der Waals surface area (Å²) in [4.78, 5) is 2.58. The molecule has 1 aromatic carbocycles. The molecule has 4 aliphatic carbocycles. The van der Waals surface area contributed by atoms with Gasteiger partial charge in [-0.3, -0.25) is 4.90 Å². The molecule has 0 saturated heterocycles. The smallest absolute Gasteiger partial charge is 0.142 e. The Balaban J connectivity index is 1.20. The lowest BCUT2D eigenvalue weighted by atomic mass is 9.44. The first-order chi connectivity index (χ1) is 16.3. The Bertz CT molecular complexity index is 918. The van der Waals surface area contributed by atoms with Crippen molar-refractivity contribution in [3.8, 4) is 11.5 Å². The fourth-order valence-electron chi connectivity index (χ4n) is 9.95. The van der Waals surface area contributed by atoms with Crippen LogP contribution in [0.4, 0.5) is 0 Å². The Morgan fingerprint density at radius 3 is 2.65 bits per heavy atom. The molecule has 6 rings (SSSR count). The zero-order chi connectivity index (χ0) is 23.7. The van der Waals surface area contributed by atoms with Crippen LogP contribution in [0.1, 0.15) is 84.1 Å². The Morgan fingerprint density at radius 1 is 1.03 bits per heavy atom. The van der Waals surface area contributed by atoms with Crippen LogP contribution in [0.15, 0.2) is 18.2 Å². The molecular formula is C30H45NO3. The maximum absolute atomic E-state index is 10.3. The first-order valence-corrected chi connectivity index (χ1v) is 14.1. The third kappa shape index (κ3) is 3.45. The summed E-state index contributed by atoms with van der Waals surface area (Å²) in [6, 6.07) is 6.74. The number of nitrogens with zero attached hydrogens (tertiary/aromatic N) is 1. The number of benzene rings is 1. The second-order valence-electron chi connectivity index (χ2n) is 13.0. The molecule has 4 heteroatoms. The molecule has 0 unspecified atom stereocenters. The van der Waals surface area contributed by atoms with Gasteiger partial charge in [0, 0.05) is 18.2 Å². The maximum atomic E-state index is 10.3. The van der Waals surface area contributed by atoms with Crippen molar-refractivity contribution in [1.29, 1.82) is 0 Å². The molecule has 1 aromatic rings. The van der Waals surface area contributed by atoms with Crippen LogP contribution in [-0.4, -0.2) is 36.0 Å². The van der Waals surface area contributed by atoms with Crippen molar-refractivity contribution in [2.75, 3.05) is 13.8 Å². The van der Waals surface area contributed by atoms with Gasteiger partial charge in [0.05, 0.1) is 13.2 Å². The molecule has 1 aliphatic heterocycles. The van der Waals surface area contributed by atoms with E-state index in [9.17, 15) is 5.11 Å². The first-order valence-electron chi connectivity index (χ1n) is 14.1. The van der Waals surface area contributed by atoms with Gasteiger partial charge in [0.1, 0.15) is 18.2 Å². The Labute approximate surface area is 206 Å². The van der Waals surface area contributed by atoms with Crippen LogP contribution >= 0.6 is 0 Å². The van der Waals surface area contributed by atoms with Crippen LogP contribution in [0.2, 0.25) is 0 Å². The molecule has 188 valence electrons. The molecule has 34 heavy (non-hydrogen) atoms. The summed E-state index contributed by atoms with van der Waals surface area (Å²) in [5.74, 6) is 6.08. The minimum absolute atomic E-state index is 0.0444. The number of aliphatic hydroxyl groups excluding tert-OH is 1. The monoisotopic (exact) mass is 467 g/mol. The molecule has 0 bridgehead atoms. The summed E-state index contributed by atoms with van der Waals surface area (Å²) in [5.41, 5.74) is 2.18. The van der Waals surface area contributed by atoms with Crippen LogP contribution < -0.4 is 9.47 Å². The highest BCUT2D eigenvalue weighted by Crippen LogP contribution is 2.68. The lowest BCUT2D eigenvalue weighted by Gasteiger charge is -2.61. The fraction of sp³-hybridized carbons (Fsp3) is 0.800. The molecule has 1 heterocycles. The normalized spacial score (nSPS) is 44.7. The van der Waals surface area contributed by atoms with Gasteiger partial charge in [-0.2, -0.15) is 0 Å². The predicted octanol–water partition coefficient (Wildman–Crippen LogP) is 6.26. The SMILES string of the molecule is COc1ccc2c(c1)CN([C@H](C)[C@@H]1CC[C@@H]3[C@H]4CC[C@H]5C[C@@H](O)CC[C@@]5(C)[C@H]4CC[C@]31C)CO2. The molecule has 0 aromatic heterocycles. The van der Waals surface area contributed by atoms with Gasteiger partial charge in [0.2, 0.25) is 0 Å². The van der Waals surface area contributed by atoms with Crippen LogP contribution in [0.25, 0.3) is 0 Å². The number of aliphatic hydroxyl groups is 1.